The topological polar surface area (TPSA) is 24.5 Å². The second kappa shape index (κ2) is 13.9. The summed E-state index contributed by atoms with van der Waals surface area (Å²) in [5.74, 6) is 0.557. The number of ether oxygens (including phenoxy) is 1. The highest BCUT2D eigenvalue weighted by atomic mass is 79.9. The van der Waals surface area contributed by atoms with Crippen LogP contribution < -0.4 is 10.1 Å². The van der Waals surface area contributed by atoms with Crippen molar-refractivity contribution in [2.24, 2.45) is 0 Å². The second-order valence-corrected chi connectivity index (χ2v) is 8.96. The lowest BCUT2D eigenvalue weighted by Crippen LogP contribution is -2.41. The summed E-state index contributed by atoms with van der Waals surface area (Å²) < 4.78 is 20.9. The van der Waals surface area contributed by atoms with E-state index >= 15 is 0 Å². The molecular formula is C26H30BrCl2FN2O. The number of piperidine rings is 1. The highest BCUT2D eigenvalue weighted by molar-refractivity contribution is 9.10. The molecule has 7 heteroatoms. The van der Waals surface area contributed by atoms with Gasteiger partial charge in [0.2, 0.25) is 0 Å². The van der Waals surface area contributed by atoms with Gasteiger partial charge in [-0.1, -0.05) is 64.5 Å². The number of hydrogen-bond donors (Lipinski definition) is 1. The van der Waals surface area contributed by atoms with Gasteiger partial charge in [0, 0.05) is 34.7 Å². The van der Waals surface area contributed by atoms with Gasteiger partial charge >= 0.3 is 0 Å². The summed E-state index contributed by atoms with van der Waals surface area (Å²) in [7, 11) is 0. The largest absolute Gasteiger partial charge is 0.488 e. The van der Waals surface area contributed by atoms with Crippen molar-refractivity contribution in [2.45, 2.75) is 38.6 Å². The molecule has 1 saturated heterocycles. The van der Waals surface area contributed by atoms with Gasteiger partial charge in [-0.15, -0.1) is 24.8 Å². The van der Waals surface area contributed by atoms with E-state index in [0.29, 0.717) is 11.6 Å². The number of likely N-dealkylation sites (tertiary alicyclic amines) is 1. The fourth-order valence-electron chi connectivity index (χ4n) is 3.99. The van der Waals surface area contributed by atoms with Crippen molar-refractivity contribution in [1.82, 2.24) is 10.2 Å². The molecule has 33 heavy (non-hydrogen) atoms. The average Bonchev–Trinajstić information content (AvgIpc) is 2.80. The van der Waals surface area contributed by atoms with Gasteiger partial charge in [-0.25, -0.2) is 4.39 Å². The Morgan fingerprint density at radius 2 is 1.61 bits per heavy atom. The van der Waals surface area contributed by atoms with Crippen LogP contribution in [0.2, 0.25) is 0 Å². The Balaban J connectivity index is 0.00000193. The third kappa shape index (κ3) is 8.27. The van der Waals surface area contributed by atoms with E-state index in [2.05, 4.69) is 62.5 Å². The van der Waals surface area contributed by atoms with Gasteiger partial charge in [-0.05, 0) is 55.8 Å². The summed E-state index contributed by atoms with van der Waals surface area (Å²) in [6.07, 6.45) is 2.26. The van der Waals surface area contributed by atoms with Gasteiger partial charge in [-0.3, -0.25) is 4.90 Å². The fourth-order valence-corrected chi connectivity index (χ4v) is 4.40. The SMILES string of the molecule is Cl.Cl.Fc1ccccc1COc1ccc(Br)cc1CNC1CCN(Cc2ccccc2)CC1. The molecule has 1 N–H and O–H groups in total. The van der Waals surface area contributed by atoms with Crippen LogP contribution in [0.25, 0.3) is 0 Å². The fraction of sp³-hybridized carbons (Fsp3) is 0.308. The van der Waals surface area contributed by atoms with E-state index in [9.17, 15) is 4.39 Å². The Hall–Kier alpha value is -1.63. The standard InChI is InChI=1S/C26H28BrFN2O.2ClH/c27-23-10-11-26(31-19-21-8-4-5-9-25(21)28)22(16-23)17-29-24-12-14-30(15-13-24)18-20-6-2-1-3-7-20;;/h1-11,16,24,29H,12-15,17-19H2;2*1H. The molecule has 0 aromatic heterocycles. The summed E-state index contributed by atoms with van der Waals surface area (Å²) in [5, 5.41) is 3.70. The monoisotopic (exact) mass is 554 g/mol. The van der Waals surface area contributed by atoms with Crippen molar-refractivity contribution in [3.05, 3.63) is 99.8 Å². The molecule has 0 amide bonds. The number of nitrogens with zero attached hydrogens (tertiary/aromatic N) is 1. The van der Waals surface area contributed by atoms with Gasteiger partial charge in [-0.2, -0.15) is 0 Å². The van der Waals surface area contributed by atoms with Gasteiger partial charge < -0.3 is 10.1 Å². The Morgan fingerprint density at radius 1 is 0.909 bits per heavy atom. The lowest BCUT2D eigenvalue weighted by molar-refractivity contribution is 0.189. The molecule has 4 rings (SSSR count). The van der Waals surface area contributed by atoms with Crippen molar-refractivity contribution in [1.29, 1.82) is 0 Å². The molecule has 0 saturated carbocycles. The summed E-state index contributed by atoms with van der Waals surface area (Å²) in [5.41, 5.74) is 3.02. The first-order valence-corrected chi connectivity index (χ1v) is 11.6. The molecule has 0 unspecified atom stereocenters. The van der Waals surface area contributed by atoms with E-state index in [1.165, 1.54) is 11.6 Å². The van der Waals surface area contributed by atoms with Gasteiger partial charge in [0.05, 0.1) is 0 Å². The molecule has 1 aliphatic heterocycles. The Bertz CT molecular complexity index is 985. The van der Waals surface area contributed by atoms with E-state index in [4.69, 9.17) is 4.74 Å². The smallest absolute Gasteiger partial charge is 0.129 e. The van der Waals surface area contributed by atoms with E-state index in [0.717, 1.165) is 54.8 Å². The molecule has 3 aromatic carbocycles. The average molecular weight is 556 g/mol. The molecule has 0 spiro atoms. The molecular weight excluding hydrogens is 526 g/mol. The Morgan fingerprint density at radius 3 is 2.33 bits per heavy atom. The molecule has 0 aliphatic carbocycles. The van der Waals surface area contributed by atoms with Gasteiger partial charge in [0.15, 0.2) is 0 Å². The number of halogens is 4. The molecule has 3 aromatic rings. The zero-order valence-electron chi connectivity index (χ0n) is 18.4. The minimum Gasteiger partial charge on any atom is -0.488 e. The molecule has 1 aliphatic rings. The first-order valence-electron chi connectivity index (χ1n) is 10.8. The number of hydrogen-bond acceptors (Lipinski definition) is 3. The summed E-state index contributed by atoms with van der Waals surface area (Å²) in [6, 6.07) is 23.9. The Kier molecular flexibility index (Phi) is 11.7. The van der Waals surface area contributed by atoms with Gasteiger partial charge in [0.1, 0.15) is 18.2 Å². The molecule has 3 nitrogen and oxygen atoms in total. The van der Waals surface area contributed by atoms with Crippen LogP contribution in [-0.4, -0.2) is 24.0 Å². The zero-order valence-corrected chi connectivity index (χ0v) is 21.6. The van der Waals surface area contributed by atoms with Crippen LogP contribution in [0.15, 0.2) is 77.3 Å². The number of benzene rings is 3. The molecule has 0 atom stereocenters. The third-order valence-corrected chi connectivity index (χ3v) is 6.27. The quantitative estimate of drug-likeness (QED) is 0.332. The van der Waals surface area contributed by atoms with Crippen molar-refractivity contribution >= 4 is 40.7 Å². The third-order valence-electron chi connectivity index (χ3n) is 5.78. The lowest BCUT2D eigenvalue weighted by Gasteiger charge is -2.32. The number of nitrogens with one attached hydrogen (secondary N) is 1. The minimum atomic E-state index is -0.235. The highest BCUT2D eigenvalue weighted by Gasteiger charge is 2.19. The molecule has 178 valence electrons. The van der Waals surface area contributed by atoms with Crippen LogP contribution in [0.3, 0.4) is 0 Å². The summed E-state index contributed by atoms with van der Waals surface area (Å²) >= 11 is 3.56. The first-order chi connectivity index (χ1) is 15.2. The highest BCUT2D eigenvalue weighted by Crippen LogP contribution is 2.25. The second-order valence-electron chi connectivity index (χ2n) is 8.05. The Labute approximate surface area is 216 Å². The lowest BCUT2D eigenvalue weighted by atomic mass is 10.0. The van der Waals surface area contributed by atoms with E-state index in [1.807, 2.05) is 18.2 Å². The molecule has 0 radical (unpaired) electrons. The predicted octanol–water partition coefficient (Wildman–Crippen LogP) is 6.77. The maximum atomic E-state index is 13.9. The first kappa shape index (κ1) is 27.6. The van der Waals surface area contributed by atoms with Crippen molar-refractivity contribution in [3.63, 3.8) is 0 Å². The van der Waals surface area contributed by atoms with Crippen LogP contribution in [0.5, 0.6) is 5.75 Å². The maximum absolute atomic E-state index is 13.9. The molecule has 0 bridgehead atoms. The van der Waals surface area contributed by atoms with Crippen LogP contribution in [0, 0.1) is 5.82 Å². The molecule has 1 heterocycles. The normalized spacial score (nSPS) is 14.2. The maximum Gasteiger partial charge on any atom is 0.129 e. The van der Waals surface area contributed by atoms with Crippen molar-refractivity contribution < 1.29 is 9.13 Å². The van der Waals surface area contributed by atoms with Crippen LogP contribution in [-0.2, 0) is 19.7 Å². The van der Waals surface area contributed by atoms with Crippen LogP contribution in [0.1, 0.15) is 29.5 Å². The van der Waals surface area contributed by atoms with Crippen molar-refractivity contribution in [3.8, 4) is 5.75 Å². The van der Waals surface area contributed by atoms with Crippen LogP contribution in [0.4, 0.5) is 4.39 Å². The predicted molar refractivity (Wildman–Crippen MR) is 141 cm³/mol. The number of rotatable bonds is 8. The van der Waals surface area contributed by atoms with Gasteiger partial charge in [0.25, 0.3) is 0 Å². The van der Waals surface area contributed by atoms with E-state index in [1.54, 1.807) is 12.1 Å². The van der Waals surface area contributed by atoms with Crippen molar-refractivity contribution in [2.75, 3.05) is 13.1 Å². The molecule has 1 fully saturated rings. The van der Waals surface area contributed by atoms with E-state index < -0.39 is 0 Å². The summed E-state index contributed by atoms with van der Waals surface area (Å²) in [6.45, 7) is 4.17. The summed E-state index contributed by atoms with van der Waals surface area (Å²) in [4.78, 5) is 2.52. The zero-order chi connectivity index (χ0) is 21.5. The minimum absolute atomic E-state index is 0. The van der Waals surface area contributed by atoms with E-state index in [-0.39, 0.29) is 37.2 Å². The van der Waals surface area contributed by atoms with Crippen LogP contribution >= 0.6 is 40.7 Å².